The first-order valence-electron chi connectivity index (χ1n) is 24.3. The predicted molar refractivity (Wildman–Crippen MR) is 235 cm³/mol. The van der Waals surface area contributed by atoms with Crippen LogP contribution in [-0.4, -0.2) is 49.8 Å². The zero-order chi connectivity index (χ0) is 42.2. The van der Waals surface area contributed by atoms with Crippen LogP contribution in [0.5, 0.6) is 0 Å². The molecular formula is C49H92O8. The number of carbonyl (C=O) groups is 4. The van der Waals surface area contributed by atoms with Crippen LogP contribution in [0.15, 0.2) is 0 Å². The Morgan fingerprint density at radius 2 is 0.789 bits per heavy atom. The molecule has 0 aromatic heterocycles. The zero-order valence-corrected chi connectivity index (χ0v) is 38.3. The van der Waals surface area contributed by atoms with Gasteiger partial charge in [0.15, 0.2) is 0 Å². The second kappa shape index (κ2) is 40.7. The second-order valence-electron chi connectivity index (χ2n) is 17.3. The van der Waals surface area contributed by atoms with E-state index in [1.165, 1.54) is 103 Å². The number of ether oxygens (including phenoxy) is 4. The Bertz CT molecular complexity index is 934. The summed E-state index contributed by atoms with van der Waals surface area (Å²) >= 11 is 0. The highest BCUT2D eigenvalue weighted by Crippen LogP contribution is 2.22. The molecule has 0 saturated carbocycles. The third-order valence-electron chi connectivity index (χ3n) is 11.1. The van der Waals surface area contributed by atoms with Crippen molar-refractivity contribution in [2.75, 3.05) is 19.8 Å². The van der Waals surface area contributed by atoms with Crippen LogP contribution in [0.4, 0.5) is 0 Å². The summed E-state index contributed by atoms with van der Waals surface area (Å²) in [5, 5.41) is 0. The minimum Gasteiger partial charge on any atom is -0.466 e. The van der Waals surface area contributed by atoms with Crippen molar-refractivity contribution in [2.24, 2.45) is 17.8 Å². The molecule has 0 fully saturated rings. The predicted octanol–water partition coefficient (Wildman–Crippen LogP) is 14.0. The van der Waals surface area contributed by atoms with E-state index in [4.69, 9.17) is 18.9 Å². The molecular weight excluding hydrogens is 717 g/mol. The fourth-order valence-corrected chi connectivity index (χ4v) is 7.24. The van der Waals surface area contributed by atoms with E-state index in [-0.39, 0.29) is 60.9 Å². The van der Waals surface area contributed by atoms with Gasteiger partial charge in [-0.3, -0.25) is 19.2 Å². The first-order chi connectivity index (χ1) is 27.6. The van der Waals surface area contributed by atoms with Gasteiger partial charge < -0.3 is 18.9 Å². The maximum atomic E-state index is 12.9. The summed E-state index contributed by atoms with van der Waals surface area (Å²) in [4.78, 5) is 50.1. The Kier molecular flexibility index (Phi) is 39.1. The summed E-state index contributed by atoms with van der Waals surface area (Å²) in [7, 11) is 0. The molecule has 2 atom stereocenters. The van der Waals surface area contributed by atoms with Gasteiger partial charge in [-0.1, -0.05) is 170 Å². The second-order valence-corrected chi connectivity index (χ2v) is 17.3. The molecule has 0 N–H and O–H groups in total. The van der Waals surface area contributed by atoms with Gasteiger partial charge in [0.2, 0.25) is 0 Å². The monoisotopic (exact) mass is 809 g/mol. The Labute approximate surface area is 351 Å². The highest BCUT2D eigenvalue weighted by atomic mass is 16.6. The molecule has 57 heavy (non-hydrogen) atoms. The van der Waals surface area contributed by atoms with E-state index >= 15 is 0 Å². The molecule has 0 amide bonds. The van der Waals surface area contributed by atoms with Crippen LogP contribution < -0.4 is 0 Å². The summed E-state index contributed by atoms with van der Waals surface area (Å²) < 4.78 is 22.5. The molecule has 8 heteroatoms. The first-order valence-corrected chi connectivity index (χ1v) is 24.3. The Balaban J connectivity index is 4.14. The average molecular weight is 809 g/mol. The topological polar surface area (TPSA) is 105 Å². The molecule has 0 spiro atoms. The smallest absolute Gasteiger partial charge is 0.309 e. The lowest BCUT2D eigenvalue weighted by molar-refractivity contribution is -0.154. The largest absolute Gasteiger partial charge is 0.466 e. The highest BCUT2D eigenvalue weighted by Gasteiger charge is 2.24. The minimum absolute atomic E-state index is 0.0509. The summed E-state index contributed by atoms with van der Waals surface area (Å²) in [6, 6.07) is 0. The molecule has 0 saturated heterocycles. The molecule has 0 aliphatic heterocycles. The maximum absolute atomic E-state index is 12.9. The normalized spacial score (nSPS) is 12.5. The summed E-state index contributed by atoms with van der Waals surface area (Å²) in [6.07, 6.45) is 33.3. The van der Waals surface area contributed by atoms with Gasteiger partial charge in [-0.25, -0.2) is 0 Å². The van der Waals surface area contributed by atoms with E-state index in [0.29, 0.717) is 38.7 Å². The number of hydrogen-bond donors (Lipinski definition) is 0. The number of unbranched alkanes of at least 4 members (excludes halogenated alkanes) is 21. The van der Waals surface area contributed by atoms with Gasteiger partial charge >= 0.3 is 23.9 Å². The third-order valence-corrected chi connectivity index (χ3v) is 11.1. The summed E-state index contributed by atoms with van der Waals surface area (Å²) in [6.45, 7) is 13.6. The summed E-state index contributed by atoms with van der Waals surface area (Å²) in [5.41, 5.74) is 0. The van der Waals surface area contributed by atoms with E-state index < -0.39 is 0 Å². The number of carbonyl (C=O) groups excluding carboxylic acids is 4. The first kappa shape index (κ1) is 54.9. The molecule has 0 aliphatic rings. The van der Waals surface area contributed by atoms with Gasteiger partial charge in [0.1, 0.15) is 6.10 Å². The van der Waals surface area contributed by atoms with Crippen LogP contribution in [0.2, 0.25) is 0 Å². The van der Waals surface area contributed by atoms with E-state index in [0.717, 1.165) is 70.6 Å². The van der Waals surface area contributed by atoms with Crippen molar-refractivity contribution < 1.29 is 38.1 Å². The van der Waals surface area contributed by atoms with E-state index in [9.17, 15) is 19.2 Å². The molecule has 0 radical (unpaired) electrons. The van der Waals surface area contributed by atoms with E-state index in [1.54, 1.807) is 0 Å². The summed E-state index contributed by atoms with van der Waals surface area (Å²) in [5.74, 6) is -0.890. The number of esters is 4. The Morgan fingerprint density at radius 3 is 1.30 bits per heavy atom. The van der Waals surface area contributed by atoms with Gasteiger partial charge in [0, 0.05) is 25.2 Å². The van der Waals surface area contributed by atoms with Crippen LogP contribution in [0.25, 0.3) is 0 Å². The quantitative estimate of drug-likeness (QED) is 0.0341. The standard InChI is InChI=1S/C49H92O8/c1-7-10-13-16-19-20-25-32-39-54-46(50)37-31-30-35-45(42(4)5)49(53)56-41-43(6)40-55-47(51)36-28-23-24-29-38-48(52)57-44(33-26-21-17-14-11-8-2)34-27-22-18-15-12-9-3/h42-45H,7-41H2,1-6H3. The van der Waals surface area contributed by atoms with Crippen molar-refractivity contribution in [3.05, 3.63) is 0 Å². The van der Waals surface area contributed by atoms with Gasteiger partial charge in [-0.2, -0.15) is 0 Å². The molecule has 8 nitrogen and oxygen atoms in total. The average Bonchev–Trinajstić information content (AvgIpc) is 3.19. The van der Waals surface area contributed by atoms with Crippen molar-refractivity contribution in [3.8, 4) is 0 Å². The highest BCUT2D eigenvalue weighted by molar-refractivity contribution is 5.73. The van der Waals surface area contributed by atoms with Crippen molar-refractivity contribution in [2.45, 2.75) is 253 Å². The number of hydrogen-bond acceptors (Lipinski definition) is 8. The molecule has 0 heterocycles. The van der Waals surface area contributed by atoms with Gasteiger partial charge in [0.25, 0.3) is 0 Å². The lowest BCUT2D eigenvalue weighted by Gasteiger charge is -2.21. The van der Waals surface area contributed by atoms with Crippen LogP contribution in [0.3, 0.4) is 0 Å². The Morgan fingerprint density at radius 1 is 0.404 bits per heavy atom. The fourth-order valence-electron chi connectivity index (χ4n) is 7.24. The lowest BCUT2D eigenvalue weighted by atomic mass is 9.90. The third kappa shape index (κ3) is 36.7. The molecule has 0 rings (SSSR count). The van der Waals surface area contributed by atoms with Crippen LogP contribution in [0.1, 0.15) is 247 Å². The van der Waals surface area contributed by atoms with Crippen LogP contribution >= 0.6 is 0 Å². The minimum atomic E-state index is -0.240. The molecule has 0 aliphatic carbocycles. The van der Waals surface area contributed by atoms with Crippen LogP contribution in [-0.2, 0) is 38.1 Å². The SMILES string of the molecule is CCCCCCCCCCOC(=O)CCCCC(C(=O)OCC(C)COC(=O)CCCCCCC(=O)OC(CCCCCCCC)CCCCCCCC)C(C)C. The van der Waals surface area contributed by atoms with E-state index in [2.05, 4.69) is 20.8 Å². The molecule has 0 aromatic rings. The van der Waals surface area contributed by atoms with Crippen molar-refractivity contribution in [1.29, 1.82) is 0 Å². The van der Waals surface area contributed by atoms with Crippen molar-refractivity contribution in [1.82, 2.24) is 0 Å². The van der Waals surface area contributed by atoms with Gasteiger partial charge in [-0.15, -0.1) is 0 Å². The van der Waals surface area contributed by atoms with Gasteiger partial charge in [-0.05, 0) is 63.7 Å². The van der Waals surface area contributed by atoms with Gasteiger partial charge in [0.05, 0.1) is 25.7 Å². The van der Waals surface area contributed by atoms with Crippen LogP contribution in [0, 0.1) is 17.8 Å². The number of rotatable bonds is 42. The van der Waals surface area contributed by atoms with Crippen molar-refractivity contribution >= 4 is 23.9 Å². The molecule has 2 unspecified atom stereocenters. The van der Waals surface area contributed by atoms with E-state index in [1.807, 2.05) is 20.8 Å². The zero-order valence-electron chi connectivity index (χ0n) is 38.3. The lowest BCUT2D eigenvalue weighted by Crippen LogP contribution is -2.26. The van der Waals surface area contributed by atoms with Crippen molar-refractivity contribution in [3.63, 3.8) is 0 Å². The molecule has 0 aromatic carbocycles. The Hall–Kier alpha value is -2.12. The molecule has 0 bridgehead atoms. The molecule has 336 valence electrons. The maximum Gasteiger partial charge on any atom is 0.309 e. The fraction of sp³-hybridized carbons (Fsp3) is 0.918.